The number of nitrogens with zero attached hydrogens (tertiary/aromatic N) is 2. The van der Waals surface area contributed by atoms with Crippen LogP contribution in [0.1, 0.15) is 41.8 Å². The quantitative estimate of drug-likeness (QED) is 0.133. The smallest absolute Gasteiger partial charge is 0.351 e. The second kappa shape index (κ2) is 18.3. The highest BCUT2D eigenvalue weighted by molar-refractivity contribution is 5.87. The van der Waals surface area contributed by atoms with Crippen LogP contribution in [0.2, 0.25) is 0 Å². The Morgan fingerprint density at radius 3 is 1.71 bits per heavy atom. The van der Waals surface area contributed by atoms with Crippen LogP contribution in [-0.2, 0) is 54.9 Å². The van der Waals surface area contributed by atoms with E-state index in [1.807, 2.05) is 121 Å². The fraction of sp³-hybridized carbons (Fsp3) is 0.293. The number of hydrogen-bond acceptors (Lipinski definition) is 8. The maximum Gasteiger partial charge on any atom is 0.351 e. The average Bonchev–Trinajstić information content (AvgIpc) is 3.29. The SMILES string of the molecule is CC(=O)Nc1ccn([C@H]2C[C@H](OCc3ccccc3)[C@H](OCc3ccccc3)[C@H](OCc3ccccc3)[C@@H](COCc3ccccc3)O2)c(=O)n1. The van der Waals surface area contributed by atoms with Gasteiger partial charge < -0.3 is 29.0 Å². The van der Waals surface area contributed by atoms with Crippen molar-refractivity contribution in [2.75, 3.05) is 11.9 Å². The molecule has 0 saturated carbocycles. The van der Waals surface area contributed by atoms with Crippen molar-refractivity contribution in [2.24, 2.45) is 0 Å². The summed E-state index contributed by atoms with van der Waals surface area (Å²) in [5.74, 6) is -0.169. The zero-order chi connectivity index (χ0) is 35.3. The summed E-state index contributed by atoms with van der Waals surface area (Å²) in [5, 5.41) is 2.58. The molecule has 1 aliphatic rings. The maximum atomic E-state index is 13.5. The molecule has 1 aliphatic heterocycles. The first-order chi connectivity index (χ1) is 25.0. The summed E-state index contributed by atoms with van der Waals surface area (Å²) in [6.45, 7) is 2.76. The molecule has 0 unspecified atom stereocenters. The standard InChI is InChI=1S/C41H43N3O7/c1-30(45)42-37-22-23-44(41(46)43-37)38-24-35(48-26-32-16-8-3-9-17-32)39(49-27-33-18-10-4-11-19-33)40(50-28-34-20-12-5-13-21-34)36(51-38)29-47-25-31-14-6-2-7-15-31/h2-23,35-36,38-40H,24-29H2,1H3,(H,42,43,45,46)/t35-,36+,38+,39-,40+/m0/s1. The summed E-state index contributed by atoms with van der Waals surface area (Å²) in [5.41, 5.74) is 3.40. The molecule has 1 aromatic heterocycles. The van der Waals surface area contributed by atoms with Gasteiger partial charge in [-0.25, -0.2) is 4.79 Å². The van der Waals surface area contributed by atoms with E-state index >= 15 is 0 Å². The van der Waals surface area contributed by atoms with Gasteiger partial charge in [-0.05, 0) is 28.3 Å². The summed E-state index contributed by atoms with van der Waals surface area (Å²) < 4.78 is 34.8. The highest BCUT2D eigenvalue weighted by atomic mass is 16.6. The van der Waals surface area contributed by atoms with Crippen LogP contribution in [0.4, 0.5) is 5.82 Å². The number of carbonyl (C=O) groups is 1. The summed E-state index contributed by atoms with van der Waals surface area (Å²) >= 11 is 0. The number of amides is 1. The molecule has 1 saturated heterocycles. The van der Waals surface area contributed by atoms with Gasteiger partial charge >= 0.3 is 5.69 Å². The fourth-order valence-corrected chi connectivity index (χ4v) is 6.03. The van der Waals surface area contributed by atoms with Crippen molar-refractivity contribution >= 4 is 11.7 Å². The molecule has 4 aromatic carbocycles. The predicted molar refractivity (Wildman–Crippen MR) is 192 cm³/mol. The molecule has 10 heteroatoms. The molecule has 2 heterocycles. The first kappa shape index (κ1) is 35.8. The van der Waals surface area contributed by atoms with Crippen LogP contribution in [0.3, 0.4) is 0 Å². The van der Waals surface area contributed by atoms with Gasteiger partial charge in [0.2, 0.25) is 5.91 Å². The third-order valence-corrected chi connectivity index (χ3v) is 8.54. The average molecular weight is 690 g/mol. The molecular weight excluding hydrogens is 646 g/mol. The van der Waals surface area contributed by atoms with Crippen molar-refractivity contribution in [3.8, 4) is 0 Å². The van der Waals surface area contributed by atoms with E-state index < -0.39 is 36.3 Å². The number of carbonyl (C=O) groups excluding carboxylic acids is 1. The predicted octanol–water partition coefficient (Wildman–Crippen LogP) is 6.46. The van der Waals surface area contributed by atoms with E-state index in [-0.39, 0.29) is 31.4 Å². The highest BCUT2D eigenvalue weighted by Crippen LogP contribution is 2.33. The number of hydrogen-bond donors (Lipinski definition) is 1. The van der Waals surface area contributed by atoms with E-state index in [0.29, 0.717) is 19.8 Å². The van der Waals surface area contributed by atoms with Gasteiger partial charge in [-0.15, -0.1) is 0 Å². The van der Waals surface area contributed by atoms with E-state index in [2.05, 4.69) is 10.3 Å². The van der Waals surface area contributed by atoms with Crippen LogP contribution in [0.25, 0.3) is 0 Å². The minimum Gasteiger partial charge on any atom is -0.374 e. The highest BCUT2D eigenvalue weighted by Gasteiger charge is 2.44. The summed E-state index contributed by atoms with van der Waals surface area (Å²) in [7, 11) is 0. The number of aromatic nitrogens is 2. The molecule has 6 rings (SSSR count). The second-order valence-corrected chi connectivity index (χ2v) is 12.4. The zero-order valence-corrected chi connectivity index (χ0v) is 28.6. The third kappa shape index (κ3) is 10.5. The lowest BCUT2D eigenvalue weighted by molar-refractivity contribution is -0.185. The number of nitrogens with one attached hydrogen (secondary N) is 1. The molecule has 1 amide bonds. The Bertz CT molecular complexity index is 1840. The second-order valence-electron chi connectivity index (χ2n) is 12.4. The third-order valence-electron chi connectivity index (χ3n) is 8.54. The monoisotopic (exact) mass is 689 g/mol. The molecule has 10 nitrogen and oxygen atoms in total. The van der Waals surface area contributed by atoms with E-state index in [1.165, 1.54) is 11.5 Å². The molecule has 264 valence electrons. The lowest BCUT2D eigenvalue weighted by Crippen LogP contribution is -2.48. The van der Waals surface area contributed by atoms with E-state index in [0.717, 1.165) is 22.3 Å². The van der Waals surface area contributed by atoms with Crippen LogP contribution in [0, 0.1) is 0 Å². The molecule has 1 N–H and O–H groups in total. The molecule has 5 atom stereocenters. The van der Waals surface area contributed by atoms with Crippen molar-refractivity contribution in [1.82, 2.24) is 9.55 Å². The van der Waals surface area contributed by atoms with Gasteiger partial charge in [0.05, 0.1) is 39.1 Å². The van der Waals surface area contributed by atoms with E-state index in [1.54, 1.807) is 12.3 Å². The minimum absolute atomic E-state index is 0.146. The Labute approximate surface area is 297 Å². The first-order valence-corrected chi connectivity index (χ1v) is 17.1. The summed E-state index contributed by atoms with van der Waals surface area (Å²) in [6.07, 6.45) is -1.57. The topological polar surface area (TPSA) is 110 Å². The van der Waals surface area contributed by atoms with Gasteiger partial charge in [0.1, 0.15) is 30.4 Å². The molecule has 5 aromatic rings. The molecule has 0 aliphatic carbocycles. The molecule has 0 spiro atoms. The number of ether oxygens (including phenoxy) is 5. The lowest BCUT2D eigenvalue weighted by Gasteiger charge is -2.34. The van der Waals surface area contributed by atoms with Gasteiger partial charge in [-0.3, -0.25) is 9.36 Å². The van der Waals surface area contributed by atoms with Crippen molar-refractivity contribution < 1.29 is 28.5 Å². The Morgan fingerprint density at radius 2 is 1.20 bits per heavy atom. The molecular formula is C41H43N3O7. The van der Waals surface area contributed by atoms with Gasteiger partial charge in [0.25, 0.3) is 0 Å². The van der Waals surface area contributed by atoms with Crippen LogP contribution in [0.15, 0.2) is 138 Å². The number of anilines is 1. The van der Waals surface area contributed by atoms with Gasteiger partial charge in [0, 0.05) is 19.5 Å². The van der Waals surface area contributed by atoms with Gasteiger partial charge in [0.15, 0.2) is 0 Å². The lowest BCUT2D eigenvalue weighted by atomic mass is 10.0. The van der Waals surface area contributed by atoms with Gasteiger partial charge in [-0.1, -0.05) is 121 Å². The number of rotatable bonds is 15. The Morgan fingerprint density at radius 1 is 0.706 bits per heavy atom. The van der Waals surface area contributed by atoms with Crippen LogP contribution in [-0.4, -0.2) is 46.5 Å². The minimum atomic E-state index is -0.823. The zero-order valence-electron chi connectivity index (χ0n) is 28.6. The maximum absolute atomic E-state index is 13.5. The molecule has 0 radical (unpaired) electrons. The van der Waals surface area contributed by atoms with Crippen molar-refractivity contribution in [3.05, 3.63) is 166 Å². The van der Waals surface area contributed by atoms with Crippen LogP contribution < -0.4 is 11.0 Å². The number of benzene rings is 4. The van der Waals surface area contributed by atoms with E-state index in [4.69, 9.17) is 23.7 Å². The normalized spacial score (nSPS) is 20.4. The summed E-state index contributed by atoms with van der Waals surface area (Å²) in [6, 6.07) is 41.2. The van der Waals surface area contributed by atoms with Crippen molar-refractivity contribution in [2.45, 2.75) is 70.4 Å². The molecule has 1 fully saturated rings. The largest absolute Gasteiger partial charge is 0.374 e. The van der Waals surface area contributed by atoms with Gasteiger partial charge in [-0.2, -0.15) is 4.98 Å². The van der Waals surface area contributed by atoms with Crippen molar-refractivity contribution in [1.29, 1.82) is 0 Å². The Kier molecular flexibility index (Phi) is 12.9. The van der Waals surface area contributed by atoms with Crippen LogP contribution in [0.5, 0.6) is 0 Å². The Balaban J connectivity index is 1.37. The van der Waals surface area contributed by atoms with E-state index in [9.17, 15) is 9.59 Å². The molecule has 51 heavy (non-hydrogen) atoms. The fourth-order valence-electron chi connectivity index (χ4n) is 6.03. The Hall–Kier alpha value is -4.97. The van der Waals surface area contributed by atoms with Crippen molar-refractivity contribution in [3.63, 3.8) is 0 Å². The first-order valence-electron chi connectivity index (χ1n) is 17.1. The summed E-state index contributed by atoms with van der Waals surface area (Å²) in [4.78, 5) is 29.3. The van der Waals surface area contributed by atoms with Crippen LogP contribution >= 0.6 is 0 Å². The molecule has 0 bridgehead atoms.